The van der Waals surface area contributed by atoms with Crippen molar-refractivity contribution in [3.63, 3.8) is 0 Å². The first-order valence-electron chi connectivity index (χ1n) is 4.72. The minimum Gasteiger partial charge on any atom is -1.00 e. The Morgan fingerprint density at radius 2 is 1.67 bits per heavy atom. The van der Waals surface area contributed by atoms with Gasteiger partial charge in [0, 0.05) is 0 Å². The molecule has 0 N–H and O–H groups in total. The second-order valence-electron chi connectivity index (χ2n) is 3.50. The van der Waals surface area contributed by atoms with Crippen LogP contribution in [0.3, 0.4) is 0 Å². The first-order chi connectivity index (χ1) is 4.93. The van der Waals surface area contributed by atoms with Gasteiger partial charge in [-0.3, -0.25) is 0 Å². The average molecular weight is 243 g/mol. The molecule has 0 saturated heterocycles. The number of unbranched alkanes of at least 4 members (excludes halogenated alkanes) is 1. The van der Waals surface area contributed by atoms with Crippen molar-refractivity contribution in [3.05, 3.63) is 6.92 Å². The Morgan fingerprint density at radius 1 is 1.08 bits per heavy atom. The zero-order valence-corrected chi connectivity index (χ0v) is 11.0. The van der Waals surface area contributed by atoms with E-state index in [1.165, 1.54) is 44.9 Å². The molecule has 0 aromatic heterocycles. The second-order valence-corrected chi connectivity index (χ2v) is 3.50. The average Bonchev–Trinajstić information content (AvgIpc) is 2.03. The minimum atomic E-state index is 0. The van der Waals surface area contributed by atoms with Crippen molar-refractivity contribution >= 4 is 23.1 Å². The van der Waals surface area contributed by atoms with Crippen molar-refractivity contribution in [3.8, 4) is 0 Å². The van der Waals surface area contributed by atoms with Crippen LogP contribution < -0.4 is 17.0 Å². The number of halogens is 1. The molecule has 0 aromatic rings. The SMILES string of the molecule is [Br-].[CH2-]CCCC1CCCCC1.[Mg+2]. The summed E-state index contributed by atoms with van der Waals surface area (Å²) in [6.07, 6.45) is 11.4. The van der Waals surface area contributed by atoms with Crippen LogP contribution in [0.15, 0.2) is 0 Å². The molecule has 12 heavy (non-hydrogen) atoms. The van der Waals surface area contributed by atoms with Crippen molar-refractivity contribution in [1.29, 1.82) is 0 Å². The maximum atomic E-state index is 3.87. The van der Waals surface area contributed by atoms with Gasteiger partial charge in [0.25, 0.3) is 0 Å². The van der Waals surface area contributed by atoms with E-state index in [4.69, 9.17) is 0 Å². The van der Waals surface area contributed by atoms with Crippen molar-refractivity contribution in [2.75, 3.05) is 0 Å². The molecule has 0 bridgehead atoms. The molecule has 0 unspecified atom stereocenters. The van der Waals surface area contributed by atoms with Crippen LogP contribution in [0.5, 0.6) is 0 Å². The van der Waals surface area contributed by atoms with Gasteiger partial charge in [0.05, 0.1) is 0 Å². The van der Waals surface area contributed by atoms with E-state index < -0.39 is 0 Å². The molecule has 0 nitrogen and oxygen atoms in total. The third-order valence-electron chi connectivity index (χ3n) is 2.59. The Kier molecular flexibility index (Phi) is 13.5. The summed E-state index contributed by atoms with van der Waals surface area (Å²) in [5.74, 6) is 1.07. The fourth-order valence-electron chi connectivity index (χ4n) is 1.91. The van der Waals surface area contributed by atoms with Crippen molar-refractivity contribution in [2.24, 2.45) is 5.92 Å². The summed E-state index contributed by atoms with van der Waals surface area (Å²) < 4.78 is 0. The fraction of sp³-hybridized carbons (Fsp3) is 0.900. The molecule has 1 fully saturated rings. The third kappa shape index (κ3) is 6.73. The zero-order chi connectivity index (χ0) is 7.23. The monoisotopic (exact) mass is 242 g/mol. The molecule has 0 aromatic carbocycles. The number of hydrogen-bond acceptors (Lipinski definition) is 0. The number of rotatable bonds is 3. The van der Waals surface area contributed by atoms with Gasteiger partial charge in [-0.1, -0.05) is 44.9 Å². The van der Waals surface area contributed by atoms with Crippen LogP contribution in [-0.2, 0) is 0 Å². The summed E-state index contributed by atoms with van der Waals surface area (Å²) in [5.41, 5.74) is 0. The summed E-state index contributed by atoms with van der Waals surface area (Å²) in [7, 11) is 0. The van der Waals surface area contributed by atoms with Gasteiger partial charge in [0.1, 0.15) is 0 Å². The van der Waals surface area contributed by atoms with Crippen molar-refractivity contribution in [2.45, 2.75) is 51.4 Å². The van der Waals surface area contributed by atoms with Crippen LogP contribution in [0.4, 0.5) is 0 Å². The largest absolute Gasteiger partial charge is 2.00 e. The molecule has 0 spiro atoms. The summed E-state index contributed by atoms with van der Waals surface area (Å²) in [5, 5.41) is 0. The Hall–Kier alpha value is 1.25. The molecule has 1 aliphatic rings. The van der Waals surface area contributed by atoms with Gasteiger partial charge < -0.3 is 23.9 Å². The first-order valence-corrected chi connectivity index (χ1v) is 4.72. The summed E-state index contributed by atoms with van der Waals surface area (Å²) in [6, 6.07) is 0. The standard InChI is InChI=1S/C10H19.BrH.Mg/c1-2-3-7-10-8-5-4-6-9-10;;/h10H,1-9H2;1H;/q-1;;+2/p-1. The van der Waals surface area contributed by atoms with Crippen LogP contribution in [0.1, 0.15) is 51.4 Å². The van der Waals surface area contributed by atoms with E-state index in [-0.39, 0.29) is 40.0 Å². The molecule has 1 saturated carbocycles. The maximum Gasteiger partial charge on any atom is 2.00 e. The molecular weight excluding hydrogens is 224 g/mol. The van der Waals surface area contributed by atoms with Crippen LogP contribution in [0.2, 0.25) is 0 Å². The van der Waals surface area contributed by atoms with Crippen LogP contribution in [0, 0.1) is 12.8 Å². The Bertz CT molecular complexity index is 79.9. The van der Waals surface area contributed by atoms with Crippen molar-refractivity contribution < 1.29 is 17.0 Å². The van der Waals surface area contributed by atoms with Gasteiger partial charge in [-0.2, -0.15) is 6.42 Å². The van der Waals surface area contributed by atoms with Gasteiger partial charge in [-0.05, 0) is 5.92 Å². The van der Waals surface area contributed by atoms with Crippen molar-refractivity contribution in [1.82, 2.24) is 0 Å². The smallest absolute Gasteiger partial charge is 1.00 e. The number of hydrogen-bond donors (Lipinski definition) is 0. The fourth-order valence-corrected chi connectivity index (χ4v) is 1.91. The van der Waals surface area contributed by atoms with Gasteiger partial charge in [0.2, 0.25) is 0 Å². The van der Waals surface area contributed by atoms with Crippen LogP contribution in [0.25, 0.3) is 0 Å². The molecule has 1 aliphatic carbocycles. The molecule has 1 rings (SSSR count). The predicted octanol–water partition coefficient (Wildman–Crippen LogP) is 0.194. The van der Waals surface area contributed by atoms with E-state index in [0.717, 1.165) is 12.3 Å². The van der Waals surface area contributed by atoms with Crippen LogP contribution in [-0.4, -0.2) is 23.1 Å². The summed E-state index contributed by atoms with van der Waals surface area (Å²) in [6.45, 7) is 3.87. The molecule has 68 valence electrons. The second kappa shape index (κ2) is 10.3. The van der Waals surface area contributed by atoms with Gasteiger partial charge in [-0.15, -0.1) is 0 Å². The maximum absolute atomic E-state index is 3.87. The van der Waals surface area contributed by atoms with E-state index in [1.807, 2.05) is 0 Å². The van der Waals surface area contributed by atoms with Crippen LogP contribution >= 0.6 is 0 Å². The summed E-state index contributed by atoms with van der Waals surface area (Å²) in [4.78, 5) is 0. The normalized spacial score (nSPS) is 17.8. The minimum absolute atomic E-state index is 0. The quantitative estimate of drug-likeness (QED) is 0.491. The Balaban J connectivity index is 0. The molecule has 0 aliphatic heterocycles. The topological polar surface area (TPSA) is 0 Å². The molecule has 0 radical (unpaired) electrons. The first kappa shape index (κ1) is 15.7. The molecule has 0 amide bonds. The van der Waals surface area contributed by atoms with E-state index in [1.54, 1.807) is 0 Å². The van der Waals surface area contributed by atoms with E-state index in [9.17, 15) is 0 Å². The predicted molar refractivity (Wildman–Crippen MR) is 51.5 cm³/mol. The van der Waals surface area contributed by atoms with E-state index in [0.29, 0.717) is 0 Å². The summed E-state index contributed by atoms with van der Waals surface area (Å²) >= 11 is 0. The Labute approximate surface area is 104 Å². The molecular formula is C10H19BrMg. The third-order valence-corrected chi connectivity index (χ3v) is 2.59. The van der Waals surface area contributed by atoms with E-state index >= 15 is 0 Å². The molecule has 0 atom stereocenters. The zero-order valence-electron chi connectivity index (χ0n) is 8.03. The van der Waals surface area contributed by atoms with Gasteiger partial charge >= 0.3 is 23.1 Å². The van der Waals surface area contributed by atoms with Gasteiger partial charge in [0.15, 0.2) is 0 Å². The van der Waals surface area contributed by atoms with E-state index in [2.05, 4.69) is 6.92 Å². The van der Waals surface area contributed by atoms with Gasteiger partial charge in [-0.25, -0.2) is 0 Å². The molecule has 0 heterocycles. The molecule has 2 heteroatoms. The Morgan fingerprint density at radius 3 is 2.17 bits per heavy atom.